The maximum absolute atomic E-state index is 12.9. The zero-order chi connectivity index (χ0) is 24.8. The first-order chi connectivity index (χ1) is 16.1. The Bertz CT molecular complexity index is 1070. The van der Waals surface area contributed by atoms with Gasteiger partial charge in [0.2, 0.25) is 10.0 Å². The molecule has 2 aromatic rings. The second-order valence-electron chi connectivity index (χ2n) is 8.53. The number of piperidine rings is 1. The molecule has 1 fully saturated rings. The van der Waals surface area contributed by atoms with Gasteiger partial charge >= 0.3 is 6.18 Å². The molecule has 0 aromatic heterocycles. The molecule has 34 heavy (non-hydrogen) atoms. The minimum atomic E-state index is -4.52. The van der Waals surface area contributed by atoms with Gasteiger partial charge in [0.05, 0.1) is 10.5 Å². The number of alkyl halides is 3. The van der Waals surface area contributed by atoms with E-state index in [1.165, 1.54) is 36.4 Å². The van der Waals surface area contributed by atoms with Gasteiger partial charge in [-0.15, -0.1) is 0 Å². The summed E-state index contributed by atoms with van der Waals surface area (Å²) in [6.07, 6.45) is 0.558. The molecule has 1 amide bonds. The number of likely N-dealkylation sites (tertiary alicyclic amines) is 1. The van der Waals surface area contributed by atoms with Crippen LogP contribution in [0.25, 0.3) is 0 Å². The fraction of sp³-hybridized carbons (Fsp3) is 0.458. The molecule has 1 aliphatic rings. The van der Waals surface area contributed by atoms with Crippen LogP contribution >= 0.6 is 0 Å². The van der Waals surface area contributed by atoms with Crippen molar-refractivity contribution in [2.75, 3.05) is 25.0 Å². The normalized spacial score (nSPS) is 17.5. The summed E-state index contributed by atoms with van der Waals surface area (Å²) in [5.41, 5.74) is -0.737. The van der Waals surface area contributed by atoms with Crippen LogP contribution in [-0.4, -0.2) is 44.9 Å². The molecular formula is C24H30F3N3O3S. The number of rotatable bonds is 9. The number of hydrogen-bond acceptors (Lipinski definition) is 4. The smallest absolute Gasteiger partial charge is 0.322 e. The maximum atomic E-state index is 12.9. The number of anilines is 1. The van der Waals surface area contributed by atoms with Crippen LogP contribution < -0.4 is 10.0 Å². The van der Waals surface area contributed by atoms with Crippen molar-refractivity contribution in [2.24, 2.45) is 0 Å². The van der Waals surface area contributed by atoms with E-state index in [4.69, 9.17) is 0 Å². The van der Waals surface area contributed by atoms with Gasteiger partial charge in [-0.25, -0.2) is 13.1 Å². The number of amides is 1. The van der Waals surface area contributed by atoms with Crippen molar-refractivity contribution in [2.45, 2.75) is 56.1 Å². The number of carbonyl (C=O) groups is 1. The van der Waals surface area contributed by atoms with E-state index in [0.29, 0.717) is 6.54 Å². The summed E-state index contributed by atoms with van der Waals surface area (Å²) in [6, 6.07) is 9.47. The van der Waals surface area contributed by atoms with E-state index in [1.807, 2.05) is 0 Å². The maximum Gasteiger partial charge on any atom is 0.416 e. The number of carbonyl (C=O) groups excluding carboxylic acids is 1. The number of sulfonamides is 1. The third-order valence-corrected chi connectivity index (χ3v) is 7.32. The third-order valence-electron chi connectivity index (χ3n) is 5.78. The Hall–Kier alpha value is -2.43. The lowest BCUT2D eigenvalue weighted by molar-refractivity contribution is -0.137. The molecule has 0 radical (unpaired) electrons. The average molecular weight is 498 g/mol. The Balaban J connectivity index is 1.61. The van der Waals surface area contributed by atoms with E-state index in [1.54, 1.807) is 0 Å². The van der Waals surface area contributed by atoms with Crippen molar-refractivity contribution in [3.05, 3.63) is 59.7 Å². The Kier molecular flexibility index (Phi) is 8.72. The van der Waals surface area contributed by atoms with Gasteiger partial charge in [-0.2, -0.15) is 13.2 Å². The molecule has 1 aliphatic heterocycles. The Labute approximate surface area is 198 Å². The van der Waals surface area contributed by atoms with Crippen molar-refractivity contribution in [3.8, 4) is 0 Å². The van der Waals surface area contributed by atoms with E-state index in [2.05, 4.69) is 21.9 Å². The molecular weight excluding hydrogens is 467 g/mol. The summed E-state index contributed by atoms with van der Waals surface area (Å²) in [6.45, 7) is 4.74. The molecule has 0 spiro atoms. The summed E-state index contributed by atoms with van der Waals surface area (Å²) >= 11 is 0. The standard InChI is InChI=1S/C24H30F3N3O3S/c1-2-3-4-14-30-15-6-9-21(17-30)29-34(32,33)22-12-10-18(11-13-22)23(31)28-20-8-5-7-19(16-20)24(25,26)27/h5,7-8,10-13,16,21,29H,2-4,6,9,14-15,17H2,1H3,(H,28,31). The zero-order valence-corrected chi connectivity index (χ0v) is 19.9. The third kappa shape index (κ3) is 7.28. The topological polar surface area (TPSA) is 78.5 Å². The number of nitrogens with one attached hydrogen (secondary N) is 2. The van der Waals surface area contributed by atoms with Gasteiger partial charge < -0.3 is 10.2 Å². The highest BCUT2D eigenvalue weighted by Crippen LogP contribution is 2.30. The molecule has 0 aliphatic carbocycles. The van der Waals surface area contributed by atoms with Crippen molar-refractivity contribution in [1.29, 1.82) is 0 Å². The van der Waals surface area contributed by atoms with Gasteiger partial charge in [0.15, 0.2) is 0 Å². The molecule has 6 nitrogen and oxygen atoms in total. The number of unbranched alkanes of at least 4 members (excludes halogenated alkanes) is 2. The second kappa shape index (κ2) is 11.3. The minimum absolute atomic E-state index is 0.000945. The van der Waals surface area contributed by atoms with Gasteiger partial charge in [0, 0.05) is 23.8 Å². The minimum Gasteiger partial charge on any atom is -0.322 e. The SMILES string of the molecule is CCCCCN1CCCC(NS(=O)(=O)c2ccc(C(=O)Nc3cccc(C(F)(F)F)c3)cc2)C1. The predicted octanol–water partition coefficient (Wildman–Crippen LogP) is 4.89. The number of benzene rings is 2. The summed E-state index contributed by atoms with van der Waals surface area (Å²) in [5, 5.41) is 2.41. The van der Waals surface area contributed by atoms with E-state index in [-0.39, 0.29) is 22.2 Å². The molecule has 2 N–H and O–H groups in total. The van der Waals surface area contributed by atoms with E-state index < -0.39 is 27.7 Å². The van der Waals surface area contributed by atoms with Gasteiger partial charge in [0.1, 0.15) is 0 Å². The lowest BCUT2D eigenvalue weighted by Crippen LogP contribution is -2.47. The van der Waals surface area contributed by atoms with Crippen molar-refractivity contribution >= 4 is 21.6 Å². The van der Waals surface area contributed by atoms with Crippen LogP contribution in [0.2, 0.25) is 0 Å². The average Bonchev–Trinajstić information content (AvgIpc) is 2.79. The molecule has 0 saturated carbocycles. The van der Waals surface area contributed by atoms with Crippen LogP contribution in [0.4, 0.5) is 18.9 Å². The van der Waals surface area contributed by atoms with Crippen molar-refractivity contribution in [1.82, 2.24) is 9.62 Å². The Morgan fingerprint density at radius 2 is 1.85 bits per heavy atom. The first-order valence-corrected chi connectivity index (χ1v) is 12.9. The molecule has 1 atom stereocenters. The zero-order valence-electron chi connectivity index (χ0n) is 19.1. The predicted molar refractivity (Wildman–Crippen MR) is 125 cm³/mol. The van der Waals surface area contributed by atoms with Gasteiger partial charge in [0.25, 0.3) is 5.91 Å². The number of hydrogen-bond donors (Lipinski definition) is 2. The van der Waals surface area contributed by atoms with Gasteiger partial charge in [-0.05, 0) is 74.8 Å². The monoisotopic (exact) mass is 497 g/mol. The van der Waals surface area contributed by atoms with Gasteiger partial charge in [-0.3, -0.25) is 4.79 Å². The Morgan fingerprint density at radius 1 is 1.12 bits per heavy atom. The van der Waals surface area contributed by atoms with Gasteiger partial charge in [-0.1, -0.05) is 25.8 Å². The van der Waals surface area contributed by atoms with Crippen LogP contribution in [-0.2, 0) is 16.2 Å². The van der Waals surface area contributed by atoms with E-state index >= 15 is 0 Å². The summed E-state index contributed by atoms with van der Waals surface area (Å²) in [5.74, 6) is -0.633. The summed E-state index contributed by atoms with van der Waals surface area (Å²) < 4.78 is 67.0. The molecule has 186 valence electrons. The first-order valence-electron chi connectivity index (χ1n) is 11.4. The van der Waals surface area contributed by atoms with Crippen molar-refractivity contribution in [3.63, 3.8) is 0 Å². The molecule has 10 heteroatoms. The highest BCUT2D eigenvalue weighted by molar-refractivity contribution is 7.89. The molecule has 3 rings (SSSR count). The quantitative estimate of drug-likeness (QED) is 0.484. The second-order valence-corrected chi connectivity index (χ2v) is 10.2. The molecule has 2 aromatic carbocycles. The number of halogens is 3. The highest BCUT2D eigenvalue weighted by Gasteiger charge is 2.30. The molecule has 1 saturated heterocycles. The molecule has 1 unspecified atom stereocenters. The highest BCUT2D eigenvalue weighted by atomic mass is 32.2. The Morgan fingerprint density at radius 3 is 2.53 bits per heavy atom. The van der Waals surface area contributed by atoms with Crippen LogP contribution in [0.5, 0.6) is 0 Å². The lowest BCUT2D eigenvalue weighted by atomic mass is 10.1. The summed E-state index contributed by atoms with van der Waals surface area (Å²) in [4.78, 5) is 14.8. The van der Waals surface area contributed by atoms with Crippen LogP contribution in [0.3, 0.4) is 0 Å². The lowest BCUT2D eigenvalue weighted by Gasteiger charge is -2.33. The fourth-order valence-electron chi connectivity index (χ4n) is 3.99. The first kappa shape index (κ1) is 26.2. The molecule has 1 heterocycles. The van der Waals surface area contributed by atoms with E-state index in [0.717, 1.165) is 57.3 Å². The molecule has 0 bridgehead atoms. The fourth-order valence-corrected chi connectivity index (χ4v) is 5.25. The largest absolute Gasteiger partial charge is 0.416 e. The van der Waals surface area contributed by atoms with Crippen LogP contribution in [0, 0.1) is 0 Å². The summed E-state index contributed by atoms with van der Waals surface area (Å²) in [7, 11) is -3.77. The van der Waals surface area contributed by atoms with Crippen LogP contribution in [0.1, 0.15) is 54.9 Å². The van der Waals surface area contributed by atoms with Crippen LogP contribution in [0.15, 0.2) is 53.4 Å². The van der Waals surface area contributed by atoms with Crippen molar-refractivity contribution < 1.29 is 26.4 Å². The number of nitrogens with zero attached hydrogens (tertiary/aromatic N) is 1. The van der Waals surface area contributed by atoms with E-state index in [9.17, 15) is 26.4 Å².